The first-order chi connectivity index (χ1) is 18.3. The van der Waals surface area contributed by atoms with Gasteiger partial charge in [0.1, 0.15) is 0 Å². The molecule has 0 atom stereocenters. The van der Waals surface area contributed by atoms with Gasteiger partial charge in [0.25, 0.3) is 0 Å². The Morgan fingerprint density at radius 1 is 0.526 bits per heavy atom. The van der Waals surface area contributed by atoms with Crippen LogP contribution in [0, 0.1) is 18.2 Å². The number of para-hydroxylation sites is 1. The van der Waals surface area contributed by atoms with Gasteiger partial charge in [-0.2, -0.15) is 35.4 Å². The molecule has 0 fully saturated rings. The van der Waals surface area contributed by atoms with E-state index in [9.17, 15) is 0 Å². The molecule has 0 saturated heterocycles. The molecular formula is C33H21N2O2Pt-3. The van der Waals surface area contributed by atoms with Crippen LogP contribution in [0.3, 0.4) is 0 Å². The Balaban J connectivity index is 0.00000294. The minimum absolute atomic E-state index is 0. The topological polar surface area (TPSA) is 36.3 Å². The fourth-order valence-corrected chi connectivity index (χ4v) is 3.94. The van der Waals surface area contributed by atoms with Crippen molar-refractivity contribution in [2.75, 3.05) is 0 Å². The Morgan fingerprint density at radius 3 is 1.82 bits per heavy atom. The van der Waals surface area contributed by atoms with E-state index in [0.29, 0.717) is 23.0 Å². The van der Waals surface area contributed by atoms with Gasteiger partial charge in [-0.3, -0.25) is 4.68 Å². The zero-order valence-corrected chi connectivity index (χ0v) is 22.4. The molecule has 0 N–H and O–H groups in total. The minimum Gasteiger partial charge on any atom is -0.509 e. The van der Waals surface area contributed by atoms with E-state index >= 15 is 0 Å². The first kappa shape index (κ1) is 25.3. The van der Waals surface area contributed by atoms with Crippen LogP contribution in [0.15, 0.2) is 128 Å². The van der Waals surface area contributed by atoms with E-state index in [-0.39, 0.29) is 21.1 Å². The second-order valence-electron chi connectivity index (χ2n) is 8.33. The molecule has 6 rings (SSSR count). The van der Waals surface area contributed by atoms with Crippen molar-refractivity contribution in [3.8, 4) is 50.9 Å². The number of hydrogen-bond donors (Lipinski definition) is 0. The van der Waals surface area contributed by atoms with Crippen LogP contribution in [0.4, 0.5) is 0 Å². The summed E-state index contributed by atoms with van der Waals surface area (Å²) in [5, 5.41) is 4.55. The van der Waals surface area contributed by atoms with E-state index in [4.69, 9.17) is 9.47 Å². The Hall–Kier alpha value is -4.40. The zero-order valence-electron chi connectivity index (χ0n) is 20.2. The molecule has 4 nitrogen and oxygen atoms in total. The van der Waals surface area contributed by atoms with Crippen molar-refractivity contribution >= 4 is 0 Å². The molecule has 0 aliphatic rings. The van der Waals surface area contributed by atoms with Crippen LogP contribution in [-0.2, 0) is 21.1 Å². The molecule has 0 unspecified atom stereocenters. The molecule has 0 bridgehead atoms. The van der Waals surface area contributed by atoms with Crippen LogP contribution >= 0.6 is 0 Å². The van der Waals surface area contributed by atoms with Crippen LogP contribution in [0.5, 0.6) is 23.0 Å². The molecule has 1 heterocycles. The zero-order chi connectivity index (χ0) is 24.9. The van der Waals surface area contributed by atoms with Crippen LogP contribution in [0.2, 0.25) is 0 Å². The SMILES string of the molecule is [Pt].[c-]1ccccc1Oc1[c-]c(Oc2[c-]c(-n3cc(-c4ccc(-c5ccccc5)cc4)cn3)ccc2)ccc1. The molecule has 6 aromatic rings. The number of rotatable bonds is 7. The number of benzene rings is 5. The molecule has 0 aliphatic heterocycles. The summed E-state index contributed by atoms with van der Waals surface area (Å²) in [5.74, 6) is 2.25. The summed E-state index contributed by atoms with van der Waals surface area (Å²) < 4.78 is 13.6. The number of hydrogen-bond acceptors (Lipinski definition) is 3. The second-order valence-corrected chi connectivity index (χ2v) is 8.33. The van der Waals surface area contributed by atoms with Gasteiger partial charge in [-0.25, -0.2) is 0 Å². The first-order valence-corrected chi connectivity index (χ1v) is 11.9. The van der Waals surface area contributed by atoms with Crippen molar-refractivity contribution in [2.24, 2.45) is 0 Å². The maximum Gasteiger partial charge on any atom is 0.0571 e. The molecule has 5 aromatic carbocycles. The standard InChI is InChI=1S/C33H21N2O2.Pt/c1-3-9-25(10-4-1)26-17-19-27(20-18-26)28-23-34-35(24-28)29-11-7-14-31(21-29)37-33-16-8-15-32(22-33)36-30-12-5-2-6-13-30;/h1-12,14-20,23-24H;/q-3;. The van der Waals surface area contributed by atoms with Crippen molar-refractivity contribution < 1.29 is 30.5 Å². The number of aromatic nitrogens is 2. The summed E-state index contributed by atoms with van der Waals surface area (Å²) in [5.41, 5.74) is 5.28. The molecular weight excluding hydrogens is 651 g/mol. The quantitative estimate of drug-likeness (QED) is 0.161. The molecule has 188 valence electrons. The minimum atomic E-state index is 0. The van der Waals surface area contributed by atoms with Gasteiger partial charge in [0.15, 0.2) is 0 Å². The smallest absolute Gasteiger partial charge is 0.0571 e. The maximum atomic E-state index is 6.02. The third kappa shape index (κ3) is 5.94. The van der Waals surface area contributed by atoms with E-state index in [1.165, 1.54) is 11.1 Å². The molecule has 0 amide bonds. The van der Waals surface area contributed by atoms with Gasteiger partial charge in [0, 0.05) is 55.8 Å². The van der Waals surface area contributed by atoms with E-state index in [0.717, 1.165) is 16.8 Å². The van der Waals surface area contributed by atoms with Crippen LogP contribution in [-0.4, -0.2) is 9.78 Å². The number of ether oxygens (including phenoxy) is 2. The van der Waals surface area contributed by atoms with Gasteiger partial charge in [0.05, 0.1) is 6.20 Å². The van der Waals surface area contributed by atoms with Crippen LogP contribution in [0.25, 0.3) is 27.9 Å². The predicted octanol–water partition coefficient (Wildman–Crippen LogP) is 8.19. The van der Waals surface area contributed by atoms with Gasteiger partial charge in [-0.1, -0.05) is 60.7 Å². The van der Waals surface area contributed by atoms with Crippen molar-refractivity contribution in [1.29, 1.82) is 0 Å². The average Bonchev–Trinajstić information content (AvgIpc) is 3.45. The average molecular weight is 673 g/mol. The second kappa shape index (κ2) is 11.8. The first-order valence-electron chi connectivity index (χ1n) is 11.9. The number of nitrogens with zero attached hydrogens (tertiary/aromatic N) is 2. The van der Waals surface area contributed by atoms with Crippen LogP contribution < -0.4 is 9.47 Å². The van der Waals surface area contributed by atoms with Crippen molar-refractivity contribution in [3.05, 3.63) is 146 Å². The Labute approximate surface area is 236 Å². The third-order valence-electron chi connectivity index (χ3n) is 5.77. The van der Waals surface area contributed by atoms with Crippen molar-refractivity contribution in [1.82, 2.24) is 9.78 Å². The Morgan fingerprint density at radius 2 is 1.11 bits per heavy atom. The molecule has 0 spiro atoms. The van der Waals surface area contributed by atoms with E-state index < -0.39 is 0 Å². The van der Waals surface area contributed by atoms with Crippen LogP contribution in [0.1, 0.15) is 0 Å². The summed E-state index contributed by atoms with van der Waals surface area (Å²) >= 11 is 0. The largest absolute Gasteiger partial charge is 0.509 e. The normalized spacial score (nSPS) is 10.4. The summed E-state index contributed by atoms with van der Waals surface area (Å²) in [6.07, 6.45) is 3.85. The monoisotopic (exact) mass is 672 g/mol. The predicted molar refractivity (Wildman–Crippen MR) is 144 cm³/mol. The molecule has 0 saturated carbocycles. The summed E-state index contributed by atoms with van der Waals surface area (Å²) in [6, 6.07) is 46.9. The van der Waals surface area contributed by atoms with Crippen molar-refractivity contribution in [2.45, 2.75) is 0 Å². The molecule has 38 heavy (non-hydrogen) atoms. The molecule has 0 aliphatic carbocycles. The van der Waals surface area contributed by atoms with Gasteiger partial charge < -0.3 is 9.47 Å². The molecule has 1 aromatic heterocycles. The summed E-state index contributed by atoms with van der Waals surface area (Å²) in [6.45, 7) is 0. The van der Waals surface area contributed by atoms with Crippen molar-refractivity contribution in [3.63, 3.8) is 0 Å². The third-order valence-corrected chi connectivity index (χ3v) is 5.77. The van der Waals surface area contributed by atoms with Gasteiger partial charge >= 0.3 is 0 Å². The van der Waals surface area contributed by atoms with Gasteiger partial charge in [-0.15, -0.1) is 42.5 Å². The van der Waals surface area contributed by atoms with Gasteiger partial charge in [-0.05, 0) is 22.4 Å². The Bertz CT molecular complexity index is 1610. The van der Waals surface area contributed by atoms with Gasteiger partial charge in [0.2, 0.25) is 0 Å². The Kier molecular flexibility index (Phi) is 7.82. The fraction of sp³-hybridized carbons (Fsp3) is 0. The van der Waals surface area contributed by atoms with E-state index in [2.05, 4.69) is 59.7 Å². The van der Waals surface area contributed by atoms with E-state index in [1.54, 1.807) is 10.7 Å². The maximum absolute atomic E-state index is 6.02. The summed E-state index contributed by atoms with van der Waals surface area (Å²) in [7, 11) is 0. The molecule has 5 heteroatoms. The van der Waals surface area contributed by atoms with E-state index in [1.807, 2.05) is 85.2 Å². The fourth-order valence-electron chi connectivity index (χ4n) is 3.94. The summed E-state index contributed by atoms with van der Waals surface area (Å²) in [4.78, 5) is 0. The molecule has 0 radical (unpaired) electrons.